The maximum absolute atomic E-state index is 12.7. The molecule has 0 fully saturated rings. The van der Waals surface area contributed by atoms with Gasteiger partial charge < -0.3 is 14.2 Å². The van der Waals surface area contributed by atoms with Gasteiger partial charge in [-0.25, -0.2) is 4.79 Å². The Morgan fingerprint density at radius 2 is 1.89 bits per heavy atom. The van der Waals surface area contributed by atoms with E-state index in [0.717, 1.165) is 11.1 Å². The minimum absolute atomic E-state index is 0.157. The van der Waals surface area contributed by atoms with E-state index < -0.39 is 5.97 Å². The number of ether oxygens (including phenoxy) is 3. The summed E-state index contributed by atoms with van der Waals surface area (Å²) in [6.45, 7) is 5.88. The maximum Gasteiger partial charge on any atom is 0.343 e. The van der Waals surface area contributed by atoms with Crippen molar-refractivity contribution >= 4 is 17.8 Å². The number of aryl methyl sites for hydroxylation is 1. The number of fused-ring (bicyclic) bond motifs is 1. The number of esters is 1. The highest BCUT2D eigenvalue weighted by Crippen LogP contribution is 2.37. The molecule has 5 heteroatoms. The molecule has 0 saturated heterocycles. The highest BCUT2D eigenvalue weighted by atomic mass is 16.6. The van der Waals surface area contributed by atoms with Gasteiger partial charge >= 0.3 is 5.97 Å². The van der Waals surface area contributed by atoms with Crippen LogP contribution in [-0.4, -0.2) is 25.5 Å². The zero-order valence-electron chi connectivity index (χ0n) is 15.9. The maximum atomic E-state index is 12.7. The Kier molecular flexibility index (Phi) is 5.31. The van der Waals surface area contributed by atoms with Crippen LogP contribution < -0.4 is 9.47 Å². The lowest BCUT2D eigenvalue weighted by molar-refractivity contribution is -0.142. The number of carbonyl (C=O) groups is 2. The lowest BCUT2D eigenvalue weighted by Gasteiger charge is -2.08. The van der Waals surface area contributed by atoms with Crippen LogP contribution in [0.5, 0.6) is 11.5 Å². The number of carbonyl (C=O) groups excluding carboxylic acids is 2. The molecule has 27 heavy (non-hydrogen) atoms. The normalized spacial score (nSPS) is 14.3. The molecule has 1 aliphatic heterocycles. The fraction of sp³-hybridized carbons (Fsp3) is 0.273. The van der Waals surface area contributed by atoms with Crippen LogP contribution in [0.1, 0.15) is 46.8 Å². The summed E-state index contributed by atoms with van der Waals surface area (Å²) >= 11 is 0. The molecule has 0 bridgehead atoms. The average Bonchev–Trinajstić information content (AvgIpc) is 2.96. The lowest BCUT2D eigenvalue weighted by atomic mass is 10.0. The first kappa shape index (κ1) is 18.7. The molecule has 0 spiro atoms. The Morgan fingerprint density at radius 3 is 2.52 bits per heavy atom. The first-order valence-corrected chi connectivity index (χ1v) is 8.77. The number of benzene rings is 2. The minimum atomic E-state index is -0.476. The number of hydrogen-bond donors (Lipinski definition) is 0. The zero-order valence-corrected chi connectivity index (χ0v) is 15.9. The van der Waals surface area contributed by atoms with E-state index in [1.54, 1.807) is 18.2 Å². The minimum Gasteiger partial charge on any atom is -0.482 e. The number of hydrogen-bond acceptors (Lipinski definition) is 5. The number of Topliss-reactive ketones (excluding diaryl/α,β-unsaturated/α-hetero) is 1. The molecule has 0 aromatic heterocycles. The second-order valence-corrected chi connectivity index (χ2v) is 6.74. The van der Waals surface area contributed by atoms with Crippen molar-refractivity contribution in [2.75, 3.05) is 13.7 Å². The molecule has 2 aromatic carbocycles. The molecule has 5 nitrogen and oxygen atoms in total. The van der Waals surface area contributed by atoms with Gasteiger partial charge in [-0.1, -0.05) is 38.1 Å². The summed E-state index contributed by atoms with van der Waals surface area (Å²) in [7, 11) is 1.30. The Morgan fingerprint density at radius 1 is 1.19 bits per heavy atom. The molecule has 0 radical (unpaired) electrons. The van der Waals surface area contributed by atoms with Crippen molar-refractivity contribution in [3.05, 3.63) is 64.4 Å². The van der Waals surface area contributed by atoms with Crippen LogP contribution in [0.25, 0.3) is 6.08 Å². The summed E-state index contributed by atoms with van der Waals surface area (Å²) in [6.07, 6.45) is 1.74. The largest absolute Gasteiger partial charge is 0.482 e. The molecule has 0 atom stereocenters. The quantitative estimate of drug-likeness (QED) is 0.584. The predicted octanol–water partition coefficient (Wildman–Crippen LogP) is 4.29. The van der Waals surface area contributed by atoms with Crippen molar-refractivity contribution in [1.82, 2.24) is 0 Å². The summed E-state index contributed by atoms with van der Waals surface area (Å²) in [5.74, 6) is 0.976. The van der Waals surface area contributed by atoms with Gasteiger partial charge in [0.05, 0.1) is 12.7 Å². The summed E-state index contributed by atoms with van der Waals surface area (Å²) in [4.78, 5) is 23.9. The van der Waals surface area contributed by atoms with Crippen molar-refractivity contribution < 1.29 is 23.8 Å². The number of ketones is 1. The van der Waals surface area contributed by atoms with Crippen molar-refractivity contribution in [1.29, 1.82) is 0 Å². The van der Waals surface area contributed by atoms with E-state index in [-0.39, 0.29) is 18.1 Å². The van der Waals surface area contributed by atoms with E-state index in [1.165, 1.54) is 12.7 Å². The number of allylic oxidation sites excluding steroid dienone is 1. The average molecular weight is 366 g/mol. The first-order chi connectivity index (χ1) is 12.9. The van der Waals surface area contributed by atoms with Gasteiger partial charge in [0.2, 0.25) is 5.78 Å². The zero-order chi connectivity index (χ0) is 19.6. The van der Waals surface area contributed by atoms with Gasteiger partial charge in [-0.3, -0.25) is 4.79 Å². The Bertz CT molecular complexity index is 907. The Hall–Kier alpha value is -3.08. The monoisotopic (exact) mass is 366 g/mol. The highest BCUT2D eigenvalue weighted by molar-refractivity contribution is 6.15. The molecule has 1 aliphatic rings. The van der Waals surface area contributed by atoms with E-state index >= 15 is 0 Å². The summed E-state index contributed by atoms with van der Waals surface area (Å²) in [5, 5.41) is 0. The SMILES string of the molecule is COC(=O)COc1cc(C)c2c(c1)O/C(=C\c1ccc(C(C)C)cc1)C2=O. The van der Waals surface area contributed by atoms with Crippen LogP contribution in [0.3, 0.4) is 0 Å². The van der Waals surface area contributed by atoms with Crippen LogP contribution in [-0.2, 0) is 9.53 Å². The molecule has 0 unspecified atom stereocenters. The molecule has 1 heterocycles. The van der Waals surface area contributed by atoms with E-state index in [4.69, 9.17) is 9.47 Å². The van der Waals surface area contributed by atoms with Gasteiger partial charge in [0.1, 0.15) is 11.5 Å². The van der Waals surface area contributed by atoms with Crippen LogP contribution in [0.2, 0.25) is 0 Å². The molecule has 2 aromatic rings. The summed E-state index contributed by atoms with van der Waals surface area (Å²) in [6, 6.07) is 11.4. The molecular weight excluding hydrogens is 344 g/mol. The Balaban J connectivity index is 1.83. The second-order valence-electron chi connectivity index (χ2n) is 6.74. The summed E-state index contributed by atoms with van der Waals surface area (Å²) < 4.78 is 15.7. The Labute approximate surface area is 158 Å². The lowest BCUT2D eigenvalue weighted by Crippen LogP contribution is -2.12. The van der Waals surface area contributed by atoms with Gasteiger partial charge in [0, 0.05) is 6.07 Å². The van der Waals surface area contributed by atoms with Crippen LogP contribution in [0.4, 0.5) is 0 Å². The van der Waals surface area contributed by atoms with Crippen LogP contribution in [0, 0.1) is 6.92 Å². The smallest absolute Gasteiger partial charge is 0.343 e. The number of methoxy groups -OCH3 is 1. The molecular formula is C22H22O5. The highest BCUT2D eigenvalue weighted by Gasteiger charge is 2.30. The van der Waals surface area contributed by atoms with Gasteiger partial charge in [-0.05, 0) is 41.7 Å². The molecule has 3 rings (SSSR count). The predicted molar refractivity (Wildman–Crippen MR) is 102 cm³/mol. The molecule has 0 N–H and O–H groups in total. The van der Waals surface area contributed by atoms with E-state index in [2.05, 4.69) is 18.6 Å². The van der Waals surface area contributed by atoms with Crippen LogP contribution >= 0.6 is 0 Å². The van der Waals surface area contributed by atoms with E-state index in [0.29, 0.717) is 23.0 Å². The van der Waals surface area contributed by atoms with Crippen LogP contribution in [0.15, 0.2) is 42.2 Å². The molecule has 0 amide bonds. The third-order valence-electron chi connectivity index (χ3n) is 4.43. The van der Waals surface area contributed by atoms with E-state index in [9.17, 15) is 9.59 Å². The fourth-order valence-corrected chi connectivity index (χ4v) is 2.89. The molecule has 0 saturated carbocycles. The fourth-order valence-electron chi connectivity index (χ4n) is 2.89. The molecule has 0 aliphatic carbocycles. The second kappa shape index (κ2) is 7.66. The van der Waals surface area contributed by atoms with E-state index in [1.807, 2.05) is 31.2 Å². The third kappa shape index (κ3) is 4.03. The third-order valence-corrected chi connectivity index (χ3v) is 4.43. The summed E-state index contributed by atoms with van der Waals surface area (Å²) in [5.41, 5.74) is 3.39. The van der Waals surface area contributed by atoms with Crippen molar-refractivity contribution in [2.24, 2.45) is 0 Å². The van der Waals surface area contributed by atoms with Crippen molar-refractivity contribution in [3.8, 4) is 11.5 Å². The van der Waals surface area contributed by atoms with Gasteiger partial charge in [0.25, 0.3) is 0 Å². The van der Waals surface area contributed by atoms with Crippen molar-refractivity contribution in [3.63, 3.8) is 0 Å². The van der Waals surface area contributed by atoms with Gasteiger partial charge in [0.15, 0.2) is 12.4 Å². The van der Waals surface area contributed by atoms with Crippen molar-refractivity contribution in [2.45, 2.75) is 26.7 Å². The van der Waals surface area contributed by atoms with Gasteiger partial charge in [-0.2, -0.15) is 0 Å². The first-order valence-electron chi connectivity index (χ1n) is 8.77. The number of rotatable bonds is 5. The standard InChI is InChI=1S/C22H22O5/c1-13(2)16-7-5-15(6-8-16)10-19-22(24)21-14(3)9-17(11-18(21)27-19)26-12-20(23)25-4/h5-11,13H,12H2,1-4H3/b19-10-. The topological polar surface area (TPSA) is 61.8 Å². The molecule has 140 valence electrons. The van der Waals surface area contributed by atoms with Gasteiger partial charge in [-0.15, -0.1) is 0 Å².